The Hall–Kier alpha value is -3.70. The first-order valence-electron chi connectivity index (χ1n) is 10.6. The second-order valence-electron chi connectivity index (χ2n) is 8.08. The predicted molar refractivity (Wildman–Crippen MR) is 122 cm³/mol. The summed E-state index contributed by atoms with van der Waals surface area (Å²) in [6, 6.07) is 12.6. The molecule has 4 rings (SSSR count). The number of benzene rings is 2. The van der Waals surface area contributed by atoms with Crippen LogP contribution in [0.1, 0.15) is 46.6 Å². The highest BCUT2D eigenvalue weighted by atomic mass is 16.5. The summed E-state index contributed by atoms with van der Waals surface area (Å²) in [4.78, 5) is 20.9. The number of nitrogens with one attached hydrogen (secondary N) is 2. The van der Waals surface area contributed by atoms with Gasteiger partial charge < -0.3 is 20.5 Å². The van der Waals surface area contributed by atoms with Gasteiger partial charge in [0.2, 0.25) is 0 Å². The molecule has 1 aliphatic rings. The number of fused-ring (bicyclic) bond motifs is 1. The predicted octanol–water partition coefficient (Wildman–Crippen LogP) is 4.13. The quantitative estimate of drug-likeness (QED) is 0.511. The van der Waals surface area contributed by atoms with E-state index >= 15 is 0 Å². The number of para-hydroxylation sites is 1. The third-order valence-electron chi connectivity index (χ3n) is 5.63. The van der Waals surface area contributed by atoms with E-state index in [0.717, 1.165) is 24.2 Å². The Bertz CT molecular complexity index is 1200. The van der Waals surface area contributed by atoms with Gasteiger partial charge in [0.1, 0.15) is 6.07 Å². The molecule has 1 saturated heterocycles. The molecule has 0 bridgehead atoms. The van der Waals surface area contributed by atoms with E-state index < -0.39 is 5.97 Å². The Morgan fingerprint density at radius 1 is 1.34 bits per heavy atom. The molecule has 0 radical (unpaired) electrons. The fourth-order valence-electron chi connectivity index (χ4n) is 3.96. The highest BCUT2D eigenvalue weighted by Gasteiger charge is 2.20. The second-order valence-corrected chi connectivity index (χ2v) is 8.08. The van der Waals surface area contributed by atoms with Gasteiger partial charge >= 0.3 is 5.97 Å². The molecule has 0 spiro atoms. The van der Waals surface area contributed by atoms with E-state index in [1.165, 1.54) is 0 Å². The highest BCUT2D eigenvalue weighted by Crippen LogP contribution is 2.29. The smallest absolute Gasteiger partial charge is 0.337 e. The number of anilines is 2. The molecular weight excluding hydrogens is 406 g/mol. The highest BCUT2D eigenvalue weighted by molar-refractivity contribution is 5.94. The Kier molecular flexibility index (Phi) is 6.19. The maximum Gasteiger partial charge on any atom is 0.337 e. The second kappa shape index (κ2) is 9.20. The Balaban J connectivity index is 1.71. The van der Waals surface area contributed by atoms with E-state index in [0.29, 0.717) is 41.6 Å². The van der Waals surface area contributed by atoms with Gasteiger partial charge in [0, 0.05) is 30.3 Å². The number of aryl methyl sites for hydroxylation is 1. The molecule has 8 heteroatoms. The Morgan fingerprint density at radius 3 is 2.88 bits per heavy atom. The summed E-state index contributed by atoms with van der Waals surface area (Å²) in [5, 5.41) is 25.7. The number of hydrogen-bond acceptors (Lipinski definition) is 7. The van der Waals surface area contributed by atoms with Crippen molar-refractivity contribution in [2.45, 2.75) is 26.3 Å². The van der Waals surface area contributed by atoms with E-state index in [9.17, 15) is 15.2 Å². The third-order valence-corrected chi connectivity index (χ3v) is 5.63. The number of carboxylic acid groups (broad SMARTS) is 1. The van der Waals surface area contributed by atoms with E-state index in [1.54, 1.807) is 24.3 Å². The molecule has 164 valence electrons. The zero-order valence-electron chi connectivity index (χ0n) is 18.1. The topological polar surface area (TPSA) is 120 Å². The van der Waals surface area contributed by atoms with Crippen LogP contribution in [0.2, 0.25) is 0 Å². The van der Waals surface area contributed by atoms with Gasteiger partial charge in [-0.2, -0.15) is 5.26 Å². The number of nitriles is 1. The van der Waals surface area contributed by atoms with Crippen LogP contribution in [0.4, 0.5) is 11.5 Å². The molecule has 1 unspecified atom stereocenters. The Morgan fingerprint density at radius 2 is 2.16 bits per heavy atom. The first-order valence-corrected chi connectivity index (χ1v) is 10.6. The molecule has 1 fully saturated rings. The van der Waals surface area contributed by atoms with Crippen LogP contribution in [0.25, 0.3) is 11.0 Å². The molecule has 2 heterocycles. The van der Waals surface area contributed by atoms with Crippen LogP contribution in [-0.2, 0) is 4.74 Å². The van der Waals surface area contributed by atoms with Crippen molar-refractivity contribution in [3.05, 3.63) is 58.8 Å². The minimum Gasteiger partial charge on any atom is -0.478 e. The molecule has 1 aromatic heterocycles. The lowest BCUT2D eigenvalue weighted by Gasteiger charge is -2.20. The van der Waals surface area contributed by atoms with Gasteiger partial charge in [-0.25, -0.2) is 14.8 Å². The van der Waals surface area contributed by atoms with Crippen molar-refractivity contribution in [2.24, 2.45) is 5.92 Å². The van der Waals surface area contributed by atoms with Crippen molar-refractivity contribution in [1.82, 2.24) is 9.97 Å². The summed E-state index contributed by atoms with van der Waals surface area (Å²) >= 11 is 0. The summed E-state index contributed by atoms with van der Waals surface area (Å²) < 4.78 is 5.43. The fourth-order valence-corrected chi connectivity index (χ4v) is 3.96. The van der Waals surface area contributed by atoms with Gasteiger partial charge in [0.05, 0.1) is 29.2 Å². The van der Waals surface area contributed by atoms with Gasteiger partial charge in [-0.05, 0) is 44.0 Å². The average Bonchev–Trinajstić information content (AvgIpc) is 3.30. The molecule has 2 aromatic carbocycles. The van der Waals surface area contributed by atoms with E-state index in [1.807, 2.05) is 26.0 Å². The van der Waals surface area contributed by atoms with Gasteiger partial charge in [0.25, 0.3) is 0 Å². The van der Waals surface area contributed by atoms with E-state index in [2.05, 4.69) is 21.7 Å². The largest absolute Gasteiger partial charge is 0.478 e. The zero-order valence-corrected chi connectivity index (χ0v) is 18.1. The minimum atomic E-state index is -0.991. The number of aromatic carboxylic acids is 1. The van der Waals surface area contributed by atoms with Crippen molar-refractivity contribution in [3.63, 3.8) is 0 Å². The first-order chi connectivity index (χ1) is 15.5. The van der Waals surface area contributed by atoms with Crippen LogP contribution in [0.15, 0.2) is 36.4 Å². The summed E-state index contributed by atoms with van der Waals surface area (Å²) in [5.74, 6) is -0.157. The Labute approximate surface area is 186 Å². The van der Waals surface area contributed by atoms with Crippen LogP contribution in [0.3, 0.4) is 0 Å². The molecule has 0 aliphatic carbocycles. The monoisotopic (exact) mass is 431 g/mol. The standard InChI is InChI=1S/C24H25N5O3/c1-14-9-18(15(2)27-19-6-4-3-5-17(19)24(30)31)22-20(10-14)28-21(11-25)23(29-22)26-12-16-7-8-32-13-16/h3-6,9-10,15-16,27H,7-8,12-13H2,1-2H3,(H,26,29)(H,30,31)/t15-,16?/m1/s1. The van der Waals surface area contributed by atoms with Crippen LogP contribution >= 0.6 is 0 Å². The summed E-state index contributed by atoms with van der Waals surface area (Å²) in [6.45, 7) is 6.03. The van der Waals surface area contributed by atoms with Crippen LogP contribution in [0, 0.1) is 24.2 Å². The summed E-state index contributed by atoms with van der Waals surface area (Å²) in [5.41, 5.74) is 4.15. The van der Waals surface area contributed by atoms with Gasteiger partial charge in [0.15, 0.2) is 11.5 Å². The van der Waals surface area contributed by atoms with Crippen molar-refractivity contribution in [2.75, 3.05) is 30.4 Å². The molecule has 8 nitrogen and oxygen atoms in total. The molecule has 32 heavy (non-hydrogen) atoms. The molecule has 2 atom stereocenters. The lowest BCUT2D eigenvalue weighted by molar-refractivity contribution is 0.0698. The summed E-state index contributed by atoms with van der Waals surface area (Å²) in [7, 11) is 0. The lowest BCUT2D eigenvalue weighted by atomic mass is 10.0. The normalized spacial score (nSPS) is 16.5. The van der Waals surface area contributed by atoms with Crippen LogP contribution < -0.4 is 10.6 Å². The van der Waals surface area contributed by atoms with Crippen LogP contribution in [0.5, 0.6) is 0 Å². The number of carbonyl (C=O) groups is 1. The van der Waals surface area contributed by atoms with Crippen LogP contribution in [-0.4, -0.2) is 40.8 Å². The van der Waals surface area contributed by atoms with Gasteiger partial charge in [-0.1, -0.05) is 18.2 Å². The first kappa shape index (κ1) is 21.5. The molecular formula is C24H25N5O3. The number of carboxylic acids is 1. The van der Waals surface area contributed by atoms with Gasteiger partial charge in [-0.15, -0.1) is 0 Å². The number of hydrogen-bond donors (Lipinski definition) is 3. The molecule has 1 aliphatic heterocycles. The number of nitrogens with zero attached hydrogens (tertiary/aromatic N) is 3. The SMILES string of the molecule is Cc1cc([C@@H](C)Nc2ccccc2C(=O)O)c2nc(NCC3CCOC3)c(C#N)nc2c1. The fraction of sp³-hybridized carbons (Fsp3) is 0.333. The molecule has 3 N–H and O–H groups in total. The van der Waals surface area contributed by atoms with Crippen molar-refractivity contribution in [1.29, 1.82) is 5.26 Å². The molecule has 0 saturated carbocycles. The minimum absolute atomic E-state index is 0.204. The third kappa shape index (κ3) is 4.48. The molecule has 0 amide bonds. The van der Waals surface area contributed by atoms with Crippen molar-refractivity contribution in [3.8, 4) is 6.07 Å². The van der Waals surface area contributed by atoms with Crippen molar-refractivity contribution >= 4 is 28.5 Å². The number of rotatable bonds is 7. The van der Waals surface area contributed by atoms with E-state index in [-0.39, 0.29) is 17.3 Å². The number of ether oxygens (including phenoxy) is 1. The van der Waals surface area contributed by atoms with Crippen molar-refractivity contribution < 1.29 is 14.6 Å². The summed E-state index contributed by atoms with van der Waals surface area (Å²) in [6.07, 6.45) is 0.976. The maximum absolute atomic E-state index is 11.6. The maximum atomic E-state index is 11.6. The molecule has 3 aromatic rings. The zero-order chi connectivity index (χ0) is 22.7. The van der Waals surface area contributed by atoms with Gasteiger partial charge in [-0.3, -0.25) is 0 Å². The average molecular weight is 431 g/mol. The van der Waals surface area contributed by atoms with E-state index in [4.69, 9.17) is 9.72 Å². The lowest BCUT2D eigenvalue weighted by Crippen LogP contribution is -2.17. The number of aromatic nitrogens is 2.